The minimum absolute atomic E-state index is 0.272. The average Bonchev–Trinajstić information content (AvgIpc) is 2.11. The third-order valence-corrected chi connectivity index (χ3v) is 3.02. The highest BCUT2D eigenvalue weighted by Crippen LogP contribution is 2.11. The standard InChI is InChI=1S/C9H21NOS/c1-4-5-6-10(7-8-11)9(2)12-3/h9,11H,4-8H2,1-3H3. The van der Waals surface area contributed by atoms with Crippen molar-refractivity contribution >= 4 is 11.8 Å². The molecule has 3 heteroatoms. The van der Waals surface area contributed by atoms with E-state index in [0.29, 0.717) is 5.37 Å². The molecule has 0 radical (unpaired) electrons. The van der Waals surface area contributed by atoms with E-state index in [1.54, 1.807) is 0 Å². The first-order valence-corrected chi connectivity index (χ1v) is 5.92. The van der Waals surface area contributed by atoms with Crippen molar-refractivity contribution in [1.29, 1.82) is 0 Å². The minimum atomic E-state index is 0.272. The fourth-order valence-corrected chi connectivity index (χ4v) is 1.62. The molecule has 0 saturated heterocycles. The normalized spacial score (nSPS) is 13.8. The molecule has 0 fully saturated rings. The van der Waals surface area contributed by atoms with Gasteiger partial charge in [0.15, 0.2) is 0 Å². The van der Waals surface area contributed by atoms with E-state index in [1.807, 2.05) is 11.8 Å². The lowest BCUT2D eigenvalue weighted by molar-refractivity contribution is 0.189. The monoisotopic (exact) mass is 191 g/mol. The molecule has 1 unspecified atom stereocenters. The molecule has 0 saturated carbocycles. The number of hydrogen-bond acceptors (Lipinski definition) is 3. The lowest BCUT2D eigenvalue weighted by atomic mass is 10.3. The summed E-state index contributed by atoms with van der Waals surface area (Å²) in [4.78, 5) is 2.33. The van der Waals surface area contributed by atoms with Gasteiger partial charge >= 0.3 is 0 Å². The zero-order valence-electron chi connectivity index (χ0n) is 8.42. The second-order valence-corrected chi connectivity index (χ2v) is 4.10. The van der Waals surface area contributed by atoms with Gasteiger partial charge in [0, 0.05) is 6.54 Å². The highest BCUT2D eigenvalue weighted by Gasteiger charge is 2.10. The topological polar surface area (TPSA) is 23.5 Å². The van der Waals surface area contributed by atoms with E-state index >= 15 is 0 Å². The summed E-state index contributed by atoms with van der Waals surface area (Å²) in [5.74, 6) is 0. The van der Waals surface area contributed by atoms with Crippen molar-refractivity contribution in [2.45, 2.75) is 32.1 Å². The molecule has 12 heavy (non-hydrogen) atoms. The SMILES string of the molecule is CCCCN(CCO)C(C)SC. The van der Waals surface area contributed by atoms with Crippen LogP contribution in [0.25, 0.3) is 0 Å². The lowest BCUT2D eigenvalue weighted by Gasteiger charge is -2.26. The van der Waals surface area contributed by atoms with E-state index in [2.05, 4.69) is 25.0 Å². The average molecular weight is 191 g/mol. The number of nitrogens with zero attached hydrogens (tertiary/aromatic N) is 1. The van der Waals surface area contributed by atoms with Crippen LogP contribution in [-0.2, 0) is 0 Å². The van der Waals surface area contributed by atoms with E-state index in [9.17, 15) is 0 Å². The molecule has 74 valence electrons. The smallest absolute Gasteiger partial charge is 0.0558 e. The molecule has 0 aliphatic rings. The predicted molar refractivity (Wildman–Crippen MR) is 56.5 cm³/mol. The predicted octanol–water partition coefficient (Wildman–Crippen LogP) is 1.79. The van der Waals surface area contributed by atoms with Crippen molar-refractivity contribution in [3.8, 4) is 0 Å². The van der Waals surface area contributed by atoms with Crippen LogP contribution in [-0.4, -0.2) is 41.3 Å². The maximum Gasteiger partial charge on any atom is 0.0558 e. The molecule has 0 bridgehead atoms. The van der Waals surface area contributed by atoms with Gasteiger partial charge in [0.25, 0.3) is 0 Å². The fraction of sp³-hybridized carbons (Fsp3) is 1.00. The van der Waals surface area contributed by atoms with Crippen molar-refractivity contribution < 1.29 is 5.11 Å². The molecular formula is C9H21NOS. The van der Waals surface area contributed by atoms with E-state index in [1.165, 1.54) is 12.8 Å². The van der Waals surface area contributed by atoms with Gasteiger partial charge in [0.1, 0.15) is 0 Å². The first-order valence-electron chi connectivity index (χ1n) is 4.64. The molecule has 0 aromatic carbocycles. The number of rotatable bonds is 7. The van der Waals surface area contributed by atoms with Crippen LogP contribution in [0.1, 0.15) is 26.7 Å². The van der Waals surface area contributed by atoms with Crippen LogP contribution < -0.4 is 0 Å². The highest BCUT2D eigenvalue weighted by atomic mass is 32.2. The second kappa shape index (κ2) is 7.90. The summed E-state index contributed by atoms with van der Waals surface area (Å²) in [7, 11) is 0. The number of hydrogen-bond donors (Lipinski definition) is 1. The molecular weight excluding hydrogens is 170 g/mol. The van der Waals surface area contributed by atoms with Gasteiger partial charge in [0.2, 0.25) is 0 Å². The van der Waals surface area contributed by atoms with Crippen molar-refractivity contribution in [3.05, 3.63) is 0 Å². The zero-order chi connectivity index (χ0) is 9.40. The van der Waals surface area contributed by atoms with Crippen molar-refractivity contribution in [1.82, 2.24) is 4.90 Å². The number of aliphatic hydroxyl groups is 1. The van der Waals surface area contributed by atoms with Crippen LogP contribution in [0.4, 0.5) is 0 Å². The number of unbranched alkanes of at least 4 members (excludes halogenated alkanes) is 1. The van der Waals surface area contributed by atoms with Gasteiger partial charge in [-0.15, -0.1) is 11.8 Å². The number of aliphatic hydroxyl groups excluding tert-OH is 1. The maximum atomic E-state index is 8.83. The largest absolute Gasteiger partial charge is 0.395 e. The Morgan fingerprint density at radius 3 is 2.50 bits per heavy atom. The Morgan fingerprint density at radius 1 is 1.42 bits per heavy atom. The third kappa shape index (κ3) is 5.01. The van der Waals surface area contributed by atoms with Gasteiger partial charge in [-0.3, -0.25) is 4.90 Å². The number of thioether (sulfide) groups is 1. The molecule has 0 spiro atoms. The molecule has 2 nitrogen and oxygen atoms in total. The summed E-state index contributed by atoms with van der Waals surface area (Å²) in [5, 5.41) is 9.36. The van der Waals surface area contributed by atoms with Crippen molar-refractivity contribution in [2.24, 2.45) is 0 Å². The molecule has 0 aliphatic carbocycles. The van der Waals surface area contributed by atoms with E-state index in [0.717, 1.165) is 13.1 Å². The first-order chi connectivity index (χ1) is 5.76. The summed E-state index contributed by atoms with van der Waals surface area (Å²) < 4.78 is 0. The molecule has 0 aromatic heterocycles. The molecule has 0 amide bonds. The summed E-state index contributed by atoms with van der Waals surface area (Å²) in [6.07, 6.45) is 4.56. The van der Waals surface area contributed by atoms with Crippen molar-refractivity contribution in [3.63, 3.8) is 0 Å². The molecule has 0 aliphatic heterocycles. The Kier molecular flexibility index (Phi) is 8.07. The van der Waals surface area contributed by atoms with Gasteiger partial charge < -0.3 is 5.11 Å². The van der Waals surface area contributed by atoms with Crippen LogP contribution in [0.15, 0.2) is 0 Å². The van der Waals surface area contributed by atoms with Gasteiger partial charge in [-0.2, -0.15) is 0 Å². The maximum absolute atomic E-state index is 8.83. The Hall–Kier alpha value is 0.270. The third-order valence-electron chi connectivity index (χ3n) is 2.04. The summed E-state index contributed by atoms with van der Waals surface area (Å²) in [6.45, 7) is 6.58. The Labute approximate surface area is 80.3 Å². The Morgan fingerprint density at radius 2 is 2.08 bits per heavy atom. The zero-order valence-corrected chi connectivity index (χ0v) is 9.23. The van der Waals surface area contributed by atoms with Crippen LogP contribution in [0, 0.1) is 0 Å². The van der Waals surface area contributed by atoms with Crippen LogP contribution in [0.3, 0.4) is 0 Å². The molecule has 1 atom stereocenters. The molecule has 0 heterocycles. The first kappa shape index (κ1) is 12.3. The summed E-state index contributed by atoms with van der Waals surface area (Å²) in [5.41, 5.74) is 0. The summed E-state index contributed by atoms with van der Waals surface area (Å²) >= 11 is 1.84. The molecule has 0 rings (SSSR count). The van der Waals surface area contributed by atoms with Gasteiger partial charge in [0.05, 0.1) is 12.0 Å². The Bertz CT molecular complexity index is 101. The highest BCUT2D eigenvalue weighted by molar-refractivity contribution is 7.99. The fourth-order valence-electron chi connectivity index (χ4n) is 1.11. The summed E-state index contributed by atoms with van der Waals surface area (Å²) in [6, 6.07) is 0. The quantitative estimate of drug-likeness (QED) is 0.621. The van der Waals surface area contributed by atoms with Crippen LogP contribution in [0.5, 0.6) is 0 Å². The van der Waals surface area contributed by atoms with E-state index in [-0.39, 0.29) is 6.61 Å². The molecule has 0 aromatic rings. The second-order valence-electron chi connectivity index (χ2n) is 2.95. The van der Waals surface area contributed by atoms with Gasteiger partial charge in [-0.1, -0.05) is 13.3 Å². The van der Waals surface area contributed by atoms with Crippen LogP contribution >= 0.6 is 11.8 Å². The lowest BCUT2D eigenvalue weighted by Crippen LogP contribution is -2.34. The Balaban J connectivity index is 3.68. The van der Waals surface area contributed by atoms with E-state index in [4.69, 9.17) is 5.11 Å². The van der Waals surface area contributed by atoms with Crippen molar-refractivity contribution in [2.75, 3.05) is 26.0 Å². The molecule has 1 N–H and O–H groups in total. The van der Waals surface area contributed by atoms with Crippen LogP contribution in [0.2, 0.25) is 0 Å². The van der Waals surface area contributed by atoms with Gasteiger partial charge in [-0.05, 0) is 26.1 Å². The minimum Gasteiger partial charge on any atom is -0.395 e. The van der Waals surface area contributed by atoms with Gasteiger partial charge in [-0.25, -0.2) is 0 Å². The van der Waals surface area contributed by atoms with E-state index < -0.39 is 0 Å².